The summed E-state index contributed by atoms with van der Waals surface area (Å²) < 4.78 is 0. The highest BCUT2D eigenvalue weighted by Crippen LogP contribution is 2.41. The molecule has 0 spiro atoms. The second kappa shape index (κ2) is 9.30. The van der Waals surface area contributed by atoms with Crippen molar-refractivity contribution in [3.05, 3.63) is 75.5 Å². The lowest BCUT2D eigenvalue weighted by molar-refractivity contribution is -0.134. The number of rotatable bonds is 6. The second-order valence-electron chi connectivity index (χ2n) is 9.32. The van der Waals surface area contributed by atoms with Gasteiger partial charge in [-0.15, -0.1) is 11.3 Å². The molecule has 0 radical (unpaired) electrons. The number of urea groups is 1. The molecule has 0 saturated carbocycles. The lowest BCUT2D eigenvalue weighted by Gasteiger charge is -2.40. The zero-order chi connectivity index (χ0) is 24.6. The van der Waals surface area contributed by atoms with Gasteiger partial charge in [-0.05, 0) is 68.3 Å². The van der Waals surface area contributed by atoms with E-state index in [1.54, 1.807) is 23.6 Å². The molecule has 2 aliphatic rings. The molecule has 5 rings (SSSR count). The molecule has 0 aliphatic carbocycles. The molecule has 2 aliphatic heterocycles. The van der Waals surface area contributed by atoms with Gasteiger partial charge in [0.2, 0.25) is 0 Å². The Balaban J connectivity index is 1.38. The molecule has 2 N–H and O–H groups in total. The fourth-order valence-corrected chi connectivity index (χ4v) is 6.05. The first-order valence-electron chi connectivity index (χ1n) is 11.9. The number of nitrogens with one attached hydrogen (secondary N) is 2. The topological polar surface area (TPSA) is 98.4 Å². The molecule has 0 bridgehead atoms. The van der Waals surface area contributed by atoms with Crippen LogP contribution in [-0.4, -0.2) is 57.2 Å². The molecule has 35 heavy (non-hydrogen) atoms. The average Bonchev–Trinajstić information content (AvgIpc) is 3.57. The Labute approximate surface area is 208 Å². The first-order valence-corrected chi connectivity index (χ1v) is 12.8. The van der Waals surface area contributed by atoms with E-state index in [9.17, 15) is 14.4 Å². The standard InChI is InChI=1S/C26H29N5O3S/c1-17-16-18(2)28-22(17)23(32)30-12-8-19(9-13-30)26(21-7-3-4-11-27-21)24(33)31(25(34)29-26)14-10-20-6-5-15-35-20/h3-7,11,15-16,19,28H,8-10,12-14H2,1-2H3,(H,29,34)/t26-/m1/s1. The van der Waals surface area contributed by atoms with Crippen LogP contribution in [0.25, 0.3) is 0 Å². The summed E-state index contributed by atoms with van der Waals surface area (Å²) in [6.45, 7) is 5.20. The second-order valence-corrected chi connectivity index (χ2v) is 10.3. The minimum Gasteiger partial charge on any atom is -0.354 e. The number of thiophene rings is 1. The van der Waals surface area contributed by atoms with Crippen LogP contribution in [0.3, 0.4) is 0 Å². The van der Waals surface area contributed by atoms with Crippen molar-refractivity contribution in [2.24, 2.45) is 5.92 Å². The van der Waals surface area contributed by atoms with E-state index in [-0.39, 0.29) is 23.8 Å². The van der Waals surface area contributed by atoms with Crippen LogP contribution in [0.4, 0.5) is 4.79 Å². The number of carbonyl (C=O) groups excluding carboxylic acids is 3. The fourth-order valence-electron chi connectivity index (χ4n) is 5.35. The van der Waals surface area contributed by atoms with Crippen molar-refractivity contribution in [1.82, 2.24) is 25.1 Å². The van der Waals surface area contributed by atoms with Gasteiger partial charge in [0.05, 0.1) is 5.69 Å². The number of carbonyl (C=O) groups is 3. The molecule has 3 aromatic rings. The number of H-pyrrole nitrogens is 1. The quantitative estimate of drug-likeness (QED) is 0.515. The average molecular weight is 492 g/mol. The van der Waals surface area contributed by atoms with Gasteiger partial charge < -0.3 is 15.2 Å². The summed E-state index contributed by atoms with van der Waals surface area (Å²) in [5.74, 6) is -0.449. The molecule has 8 nitrogen and oxygen atoms in total. The van der Waals surface area contributed by atoms with Gasteiger partial charge in [0.25, 0.3) is 11.8 Å². The summed E-state index contributed by atoms with van der Waals surface area (Å²) in [7, 11) is 0. The third-order valence-corrected chi connectivity index (χ3v) is 8.06. The highest BCUT2D eigenvalue weighted by Gasteiger charge is 2.58. The predicted molar refractivity (Wildman–Crippen MR) is 133 cm³/mol. The maximum atomic E-state index is 13.9. The molecule has 2 saturated heterocycles. The van der Waals surface area contributed by atoms with Crippen LogP contribution in [0.5, 0.6) is 0 Å². The zero-order valence-electron chi connectivity index (χ0n) is 19.9. The van der Waals surface area contributed by atoms with Crippen LogP contribution < -0.4 is 5.32 Å². The van der Waals surface area contributed by atoms with Crippen LogP contribution in [0.1, 0.15) is 45.2 Å². The Morgan fingerprint density at radius 3 is 2.60 bits per heavy atom. The van der Waals surface area contributed by atoms with Gasteiger partial charge in [0.15, 0.2) is 5.54 Å². The van der Waals surface area contributed by atoms with Crippen molar-refractivity contribution < 1.29 is 14.4 Å². The van der Waals surface area contributed by atoms with E-state index in [1.165, 1.54) is 4.90 Å². The zero-order valence-corrected chi connectivity index (χ0v) is 20.7. The number of aromatic nitrogens is 2. The number of amides is 4. The Morgan fingerprint density at radius 2 is 1.97 bits per heavy atom. The number of pyridine rings is 1. The third kappa shape index (κ3) is 4.14. The van der Waals surface area contributed by atoms with Crippen LogP contribution >= 0.6 is 11.3 Å². The number of aromatic amines is 1. The number of hydrogen-bond acceptors (Lipinski definition) is 5. The Bertz CT molecular complexity index is 1230. The van der Waals surface area contributed by atoms with E-state index in [1.807, 2.05) is 54.5 Å². The molecule has 0 aromatic carbocycles. The molecule has 0 unspecified atom stereocenters. The van der Waals surface area contributed by atoms with Crippen LogP contribution in [0.2, 0.25) is 0 Å². The molecule has 2 fully saturated rings. The van der Waals surface area contributed by atoms with Gasteiger partial charge in [-0.2, -0.15) is 0 Å². The van der Waals surface area contributed by atoms with Crippen molar-refractivity contribution >= 4 is 29.2 Å². The fraction of sp³-hybridized carbons (Fsp3) is 0.385. The van der Waals surface area contributed by atoms with Gasteiger partial charge in [-0.25, -0.2) is 4.79 Å². The van der Waals surface area contributed by atoms with Crippen LogP contribution in [-0.2, 0) is 16.8 Å². The third-order valence-electron chi connectivity index (χ3n) is 7.12. The van der Waals surface area contributed by atoms with E-state index < -0.39 is 5.54 Å². The number of hydrogen-bond donors (Lipinski definition) is 2. The Hall–Kier alpha value is -3.46. The normalized spacial score (nSPS) is 21.0. The highest BCUT2D eigenvalue weighted by molar-refractivity contribution is 7.09. The van der Waals surface area contributed by atoms with Gasteiger partial charge >= 0.3 is 6.03 Å². The minimum atomic E-state index is -1.22. The smallest absolute Gasteiger partial charge is 0.325 e. The highest BCUT2D eigenvalue weighted by atomic mass is 32.1. The van der Waals surface area contributed by atoms with Crippen molar-refractivity contribution in [1.29, 1.82) is 0 Å². The van der Waals surface area contributed by atoms with Crippen molar-refractivity contribution in [2.75, 3.05) is 19.6 Å². The van der Waals surface area contributed by atoms with E-state index in [2.05, 4.69) is 15.3 Å². The van der Waals surface area contributed by atoms with E-state index in [4.69, 9.17) is 0 Å². The van der Waals surface area contributed by atoms with Crippen molar-refractivity contribution in [2.45, 2.75) is 38.6 Å². The van der Waals surface area contributed by atoms with E-state index in [0.717, 1.165) is 16.1 Å². The van der Waals surface area contributed by atoms with Crippen LogP contribution in [0.15, 0.2) is 48.0 Å². The lowest BCUT2D eigenvalue weighted by Crippen LogP contribution is -2.54. The molecule has 9 heteroatoms. The first kappa shape index (κ1) is 23.3. The molecule has 1 atom stereocenters. The predicted octanol–water partition coefficient (Wildman–Crippen LogP) is 3.63. The summed E-state index contributed by atoms with van der Waals surface area (Å²) in [6, 6.07) is 11.0. The number of imide groups is 1. The van der Waals surface area contributed by atoms with Gasteiger partial charge in [0, 0.05) is 42.3 Å². The summed E-state index contributed by atoms with van der Waals surface area (Å²) >= 11 is 1.61. The largest absolute Gasteiger partial charge is 0.354 e. The number of aryl methyl sites for hydroxylation is 2. The summed E-state index contributed by atoms with van der Waals surface area (Å²) in [4.78, 5) is 52.1. The molecule has 182 valence electrons. The molecular formula is C26H29N5O3S. The maximum absolute atomic E-state index is 13.9. The molecule has 5 heterocycles. The van der Waals surface area contributed by atoms with Gasteiger partial charge in [-0.3, -0.25) is 19.5 Å². The van der Waals surface area contributed by atoms with Crippen molar-refractivity contribution in [3.8, 4) is 0 Å². The minimum absolute atomic E-state index is 0.0275. The maximum Gasteiger partial charge on any atom is 0.325 e. The molecule has 4 amide bonds. The SMILES string of the molecule is Cc1cc(C)c(C(=O)N2CCC([C@]3(c4ccccn4)NC(=O)N(CCc4cccs4)C3=O)CC2)[nH]1. The number of likely N-dealkylation sites (tertiary alicyclic amines) is 1. The van der Waals surface area contributed by atoms with Crippen molar-refractivity contribution in [3.63, 3.8) is 0 Å². The summed E-state index contributed by atoms with van der Waals surface area (Å²) in [5.41, 5.74) is 1.83. The summed E-state index contributed by atoms with van der Waals surface area (Å²) in [5, 5.41) is 5.03. The monoisotopic (exact) mass is 491 g/mol. The Morgan fingerprint density at radius 1 is 1.17 bits per heavy atom. The van der Waals surface area contributed by atoms with Crippen LogP contribution in [0, 0.1) is 19.8 Å². The first-order chi connectivity index (χ1) is 16.9. The molecule has 3 aromatic heterocycles. The lowest BCUT2D eigenvalue weighted by atomic mass is 9.75. The van der Waals surface area contributed by atoms with Gasteiger partial charge in [0.1, 0.15) is 5.69 Å². The summed E-state index contributed by atoms with van der Waals surface area (Å²) in [6.07, 6.45) is 3.45. The number of piperidine rings is 1. The van der Waals surface area contributed by atoms with Gasteiger partial charge in [-0.1, -0.05) is 12.1 Å². The van der Waals surface area contributed by atoms with E-state index >= 15 is 0 Å². The van der Waals surface area contributed by atoms with E-state index in [0.29, 0.717) is 50.3 Å². The Kier molecular flexibility index (Phi) is 6.19. The number of nitrogens with zero attached hydrogens (tertiary/aromatic N) is 3. The molecular weight excluding hydrogens is 462 g/mol.